The van der Waals surface area contributed by atoms with Gasteiger partial charge in [0.1, 0.15) is 18.2 Å². The van der Waals surface area contributed by atoms with Gasteiger partial charge in [0.15, 0.2) is 0 Å². The molecule has 10 heteroatoms. The zero-order valence-corrected chi connectivity index (χ0v) is 23.8. The summed E-state index contributed by atoms with van der Waals surface area (Å²) in [5.41, 5.74) is 0.161. The number of aryl methyl sites for hydroxylation is 1. The fourth-order valence-corrected chi connectivity index (χ4v) is 7.53. The minimum Gasteiger partial charge on any atom is -0.461 e. The van der Waals surface area contributed by atoms with Crippen LogP contribution in [0.1, 0.15) is 31.2 Å². The molecule has 0 aliphatic carbocycles. The third-order valence-electron chi connectivity index (χ3n) is 7.73. The summed E-state index contributed by atoms with van der Waals surface area (Å²) in [4.78, 5) is 44.6. The van der Waals surface area contributed by atoms with Crippen LogP contribution in [0, 0.1) is 18.8 Å². The van der Waals surface area contributed by atoms with Crippen LogP contribution in [0.15, 0.2) is 43.5 Å². The number of nitrogens with zero attached hydrogens (tertiary/aromatic N) is 2. The largest absolute Gasteiger partial charge is 0.461 e. The van der Waals surface area contributed by atoms with E-state index >= 15 is 0 Å². The number of fused-ring (bicyclic) bond motifs is 1. The van der Waals surface area contributed by atoms with Gasteiger partial charge in [-0.1, -0.05) is 58.4 Å². The Morgan fingerprint density at radius 3 is 2.74 bits per heavy atom. The highest BCUT2D eigenvalue weighted by Gasteiger charge is 2.77. The van der Waals surface area contributed by atoms with Crippen LogP contribution in [0.5, 0.6) is 0 Å². The van der Waals surface area contributed by atoms with Crippen molar-refractivity contribution in [1.82, 2.24) is 4.90 Å². The second-order valence-electron chi connectivity index (χ2n) is 10.0. The number of halogens is 2. The average molecular weight is 610 g/mol. The third kappa shape index (κ3) is 4.83. The first kappa shape index (κ1) is 28.8. The number of amides is 2. The maximum Gasteiger partial charge on any atom is 0.312 e. The molecule has 6 atom stereocenters. The number of esters is 1. The topological polar surface area (TPSA) is 96.4 Å². The molecule has 2 bridgehead atoms. The first-order valence-corrected chi connectivity index (χ1v) is 14.2. The maximum atomic E-state index is 14.5. The van der Waals surface area contributed by atoms with Crippen molar-refractivity contribution < 1.29 is 29.0 Å². The van der Waals surface area contributed by atoms with Crippen LogP contribution in [0.2, 0.25) is 5.02 Å². The molecule has 3 aliphatic rings. The molecule has 2 amide bonds. The summed E-state index contributed by atoms with van der Waals surface area (Å²) in [6.07, 6.45) is 4.77. The lowest BCUT2D eigenvalue weighted by Crippen LogP contribution is -2.57. The van der Waals surface area contributed by atoms with Gasteiger partial charge in [-0.25, -0.2) is 0 Å². The van der Waals surface area contributed by atoms with Gasteiger partial charge in [-0.3, -0.25) is 14.4 Å². The van der Waals surface area contributed by atoms with Crippen molar-refractivity contribution in [3.8, 4) is 0 Å². The summed E-state index contributed by atoms with van der Waals surface area (Å²) in [5, 5.41) is 9.64. The Bertz CT molecular complexity index is 1090. The summed E-state index contributed by atoms with van der Waals surface area (Å²) >= 11 is 10.2. The number of ether oxygens (including phenoxy) is 2. The number of hydrogen-bond donors (Lipinski definition) is 1. The van der Waals surface area contributed by atoms with Crippen molar-refractivity contribution >= 4 is 51.0 Å². The van der Waals surface area contributed by atoms with Gasteiger partial charge < -0.3 is 24.4 Å². The number of unbranched alkanes of at least 4 members (excludes halogenated alkanes) is 2. The number of para-hydroxylation sites is 1. The van der Waals surface area contributed by atoms with Crippen molar-refractivity contribution in [3.05, 3.63) is 54.1 Å². The van der Waals surface area contributed by atoms with Gasteiger partial charge in [0.05, 0.1) is 28.6 Å². The molecule has 0 radical (unpaired) electrons. The molecule has 8 nitrogen and oxygen atoms in total. The second kappa shape index (κ2) is 11.9. The third-order valence-corrected chi connectivity index (χ3v) is 8.88. The molecular formula is C28H34BrClN2O6. The van der Waals surface area contributed by atoms with E-state index in [0.29, 0.717) is 42.9 Å². The quantitative estimate of drug-likeness (QED) is 0.168. The Kier molecular flexibility index (Phi) is 9.02. The van der Waals surface area contributed by atoms with Gasteiger partial charge in [-0.15, -0.1) is 6.58 Å². The van der Waals surface area contributed by atoms with Crippen molar-refractivity contribution in [2.75, 3.05) is 31.2 Å². The van der Waals surface area contributed by atoms with Crippen molar-refractivity contribution in [1.29, 1.82) is 0 Å². The maximum absolute atomic E-state index is 14.5. The molecule has 1 N–H and O–H groups in total. The number of aliphatic hydroxyl groups is 1. The van der Waals surface area contributed by atoms with Crippen LogP contribution in [-0.2, 0) is 23.9 Å². The van der Waals surface area contributed by atoms with E-state index in [2.05, 4.69) is 29.1 Å². The molecule has 0 aromatic heterocycles. The smallest absolute Gasteiger partial charge is 0.312 e. The lowest BCUT2D eigenvalue weighted by molar-refractivity contribution is -0.153. The lowest BCUT2D eigenvalue weighted by Gasteiger charge is -2.37. The van der Waals surface area contributed by atoms with Crippen molar-refractivity contribution in [2.45, 2.75) is 55.2 Å². The van der Waals surface area contributed by atoms with Gasteiger partial charge in [-0.05, 0) is 44.2 Å². The number of carbonyl (C=O) groups excluding carboxylic acids is 3. The first-order chi connectivity index (χ1) is 18.2. The fourth-order valence-electron chi connectivity index (χ4n) is 6.26. The van der Waals surface area contributed by atoms with E-state index in [9.17, 15) is 19.5 Å². The Balaban J connectivity index is 1.78. The van der Waals surface area contributed by atoms with Gasteiger partial charge in [0.2, 0.25) is 5.91 Å². The predicted octanol–water partition coefficient (Wildman–Crippen LogP) is 3.81. The van der Waals surface area contributed by atoms with Crippen LogP contribution in [-0.4, -0.2) is 76.7 Å². The second-order valence-corrected chi connectivity index (χ2v) is 11.6. The summed E-state index contributed by atoms with van der Waals surface area (Å²) in [5.74, 6) is -2.84. The molecule has 206 valence electrons. The van der Waals surface area contributed by atoms with Gasteiger partial charge in [0, 0.05) is 24.5 Å². The number of carbonyl (C=O) groups is 3. The number of likely N-dealkylation sites (tertiary alicyclic amines) is 1. The Labute approximate surface area is 236 Å². The number of hydrogen-bond acceptors (Lipinski definition) is 6. The number of alkyl halides is 1. The molecule has 4 rings (SSSR count). The zero-order valence-electron chi connectivity index (χ0n) is 21.5. The van der Waals surface area contributed by atoms with Crippen LogP contribution < -0.4 is 4.90 Å². The van der Waals surface area contributed by atoms with Crippen molar-refractivity contribution in [3.63, 3.8) is 0 Å². The molecule has 1 spiro atoms. The summed E-state index contributed by atoms with van der Waals surface area (Å²) in [6, 6.07) is 4.44. The molecule has 3 heterocycles. The minimum absolute atomic E-state index is 0.0229. The number of benzene rings is 1. The molecule has 1 aromatic rings. The van der Waals surface area contributed by atoms with E-state index in [1.54, 1.807) is 21.9 Å². The molecule has 0 saturated carbocycles. The lowest BCUT2D eigenvalue weighted by atomic mass is 9.70. The Hall–Kier alpha value is -2.20. The van der Waals surface area contributed by atoms with Gasteiger partial charge in [0.25, 0.3) is 5.91 Å². The Morgan fingerprint density at radius 1 is 1.32 bits per heavy atom. The average Bonchev–Trinajstić information content (AvgIpc) is 3.47. The molecule has 1 aromatic carbocycles. The highest BCUT2D eigenvalue weighted by atomic mass is 79.9. The fraction of sp³-hybridized carbons (Fsp3) is 0.536. The number of rotatable bonds is 12. The highest BCUT2D eigenvalue weighted by molar-refractivity contribution is 9.09. The SMILES string of the molecule is C=CCOC(=O)[C@H]1[C@@H]2OC3(CC2Br)C(C(=O)N(CC=C)c2c(C)cccc2Cl)N(CCCCCO)C(=O)[C@H]13. The molecule has 3 unspecified atom stereocenters. The Morgan fingerprint density at radius 2 is 2.08 bits per heavy atom. The van der Waals surface area contributed by atoms with E-state index in [-0.39, 0.29) is 36.4 Å². The zero-order chi connectivity index (χ0) is 27.6. The van der Waals surface area contributed by atoms with Gasteiger partial charge in [-0.2, -0.15) is 0 Å². The highest BCUT2D eigenvalue weighted by Crippen LogP contribution is 2.60. The van der Waals surface area contributed by atoms with Crippen LogP contribution in [0.3, 0.4) is 0 Å². The van der Waals surface area contributed by atoms with Gasteiger partial charge >= 0.3 is 5.97 Å². The van der Waals surface area contributed by atoms with E-state index in [0.717, 1.165) is 5.56 Å². The molecular weight excluding hydrogens is 576 g/mol. The van der Waals surface area contributed by atoms with E-state index in [4.69, 9.17) is 21.1 Å². The van der Waals surface area contributed by atoms with Crippen LogP contribution >= 0.6 is 27.5 Å². The van der Waals surface area contributed by atoms with Crippen molar-refractivity contribution in [2.24, 2.45) is 11.8 Å². The molecule has 3 aliphatic heterocycles. The monoisotopic (exact) mass is 608 g/mol. The predicted molar refractivity (Wildman–Crippen MR) is 148 cm³/mol. The molecule has 38 heavy (non-hydrogen) atoms. The van der Waals surface area contributed by atoms with Crippen LogP contribution in [0.25, 0.3) is 0 Å². The van der Waals surface area contributed by atoms with E-state index in [1.165, 1.54) is 6.08 Å². The van der Waals surface area contributed by atoms with E-state index in [1.807, 2.05) is 19.1 Å². The van der Waals surface area contributed by atoms with Crippen LogP contribution in [0.4, 0.5) is 5.69 Å². The summed E-state index contributed by atoms with van der Waals surface area (Å²) < 4.78 is 11.9. The molecule has 3 saturated heterocycles. The normalized spacial score (nSPS) is 29.3. The van der Waals surface area contributed by atoms with E-state index < -0.39 is 35.6 Å². The number of anilines is 1. The standard InChI is InChI=1S/C28H34BrClN2O6/c1-4-12-31(22-17(3)10-9-11-19(22)30)26(35)24-28-16-18(29)23(38-28)20(27(36)37-15-5-2)21(28)25(34)32(24)13-7-6-8-14-33/h4-5,9-11,18,20-21,23-24,33H,1-2,6-8,12-16H2,3H3/t18?,20-,21+,23-,24?,28?/m1/s1. The summed E-state index contributed by atoms with van der Waals surface area (Å²) in [6.45, 7) is 9.86. The first-order valence-electron chi connectivity index (χ1n) is 12.9. The summed E-state index contributed by atoms with van der Waals surface area (Å²) in [7, 11) is 0. The minimum atomic E-state index is -1.20. The molecule has 3 fully saturated rings. The number of aliphatic hydroxyl groups excluding tert-OH is 1.